The largest absolute Gasteiger partial charge is 0.618 e. The molecule has 1 aromatic heterocycles. The maximum Gasteiger partial charge on any atom is 0.335 e. The van der Waals surface area contributed by atoms with Crippen LogP contribution in [0.1, 0.15) is 53.7 Å². The Hall–Kier alpha value is -3.59. The van der Waals surface area contributed by atoms with Crippen molar-refractivity contribution in [2.75, 3.05) is 5.32 Å². The van der Waals surface area contributed by atoms with Gasteiger partial charge in [-0.1, -0.05) is 24.6 Å². The summed E-state index contributed by atoms with van der Waals surface area (Å²) in [6.07, 6.45) is -0.738. The third-order valence-corrected chi connectivity index (χ3v) is 6.77. The number of carboxylic acid groups (broad SMARTS) is 1. The molecule has 1 aliphatic carbocycles. The van der Waals surface area contributed by atoms with Crippen molar-refractivity contribution < 1.29 is 32.6 Å². The van der Waals surface area contributed by atoms with E-state index in [0.29, 0.717) is 22.8 Å². The fourth-order valence-electron chi connectivity index (χ4n) is 4.27. The number of hydrogen-bond donors (Lipinski definition) is 2. The Bertz CT molecular complexity index is 1320. The number of carbonyl (C=O) groups is 2. The summed E-state index contributed by atoms with van der Waals surface area (Å²) >= 11 is 5.80. The minimum absolute atomic E-state index is 0.0563. The van der Waals surface area contributed by atoms with E-state index in [0.717, 1.165) is 24.8 Å². The molecule has 0 aliphatic heterocycles. The van der Waals surface area contributed by atoms with Gasteiger partial charge < -0.3 is 15.6 Å². The van der Waals surface area contributed by atoms with Crippen LogP contribution >= 0.6 is 11.6 Å². The molecule has 1 fully saturated rings. The van der Waals surface area contributed by atoms with Crippen LogP contribution in [-0.2, 0) is 4.79 Å². The standard InChI is InChI=1S/C26H22ClF3N2O4/c1-13-10-16(13)11-19(25(33)31-17-5-2-14(3-6-17)26(34)35)21-9-4-15(12-32(21)36)22-18(24(29)30)7-8-20(27)23(22)28/h2-9,12-13,16,19,24H,10-11H2,1H3,(H,31,33)(H,34,35)/t13-,16+,19+/m0/s1. The predicted octanol–water partition coefficient (Wildman–Crippen LogP) is 6.18. The molecule has 0 radical (unpaired) electrons. The van der Waals surface area contributed by atoms with Gasteiger partial charge >= 0.3 is 5.97 Å². The highest BCUT2D eigenvalue weighted by molar-refractivity contribution is 6.31. The summed E-state index contributed by atoms with van der Waals surface area (Å²) in [5.41, 5.74) is -0.665. The maximum atomic E-state index is 14.7. The predicted molar refractivity (Wildman–Crippen MR) is 127 cm³/mol. The quantitative estimate of drug-likeness (QED) is 0.275. The van der Waals surface area contributed by atoms with Crippen molar-refractivity contribution in [2.24, 2.45) is 11.8 Å². The van der Waals surface area contributed by atoms with E-state index in [1.54, 1.807) is 0 Å². The number of hydrogen-bond acceptors (Lipinski definition) is 3. The van der Waals surface area contributed by atoms with E-state index in [-0.39, 0.29) is 27.8 Å². The van der Waals surface area contributed by atoms with Gasteiger partial charge in [0.2, 0.25) is 11.6 Å². The first-order valence-corrected chi connectivity index (χ1v) is 11.6. The Kier molecular flexibility index (Phi) is 7.21. The van der Waals surface area contributed by atoms with Crippen molar-refractivity contribution in [3.8, 4) is 11.1 Å². The summed E-state index contributed by atoms with van der Waals surface area (Å²) in [4.78, 5) is 24.2. The topological polar surface area (TPSA) is 93.3 Å². The highest BCUT2D eigenvalue weighted by Gasteiger charge is 2.40. The van der Waals surface area contributed by atoms with Crippen molar-refractivity contribution in [3.05, 3.63) is 87.6 Å². The first kappa shape index (κ1) is 25.5. The summed E-state index contributed by atoms with van der Waals surface area (Å²) in [6, 6.07) is 10.3. The molecule has 1 heterocycles. The lowest BCUT2D eigenvalue weighted by molar-refractivity contribution is -0.614. The van der Waals surface area contributed by atoms with E-state index in [1.807, 2.05) is 6.92 Å². The normalized spacial score (nSPS) is 17.6. The molecule has 1 saturated carbocycles. The number of carbonyl (C=O) groups excluding carboxylic acids is 1. The van der Waals surface area contributed by atoms with E-state index in [4.69, 9.17) is 16.7 Å². The van der Waals surface area contributed by atoms with Crippen molar-refractivity contribution in [1.82, 2.24) is 0 Å². The Morgan fingerprint density at radius 3 is 2.39 bits per heavy atom. The van der Waals surface area contributed by atoms with Crippen LogP contribution in [0, 0.1) is 22.9 Å². The first-order chi connectivity index (χ1) is 17.1. The third-order valence-electron chi connectivity index (χ3n) is 6.48. The molecule has 3 atom stereocenters. The van der Waals surface area contributed by atoms with Crippen LogP contribution in [0.3, 0.4) is 0 Å². The van der Waals surface area contributed by atoms with Gasteiger partial charge in [-0.25, -0.2) is 18.0 Å². The van der Waals surface area contributed by atoms with Gasteiger partial charge in [0.05, 0.1) is 16.1 Å². The fraction of sp³-hybridized carbons (Fsp3) is 0.269. The molecule has 0 saturated heterocycles. The van der Waals surface area contributed by atoms with Gasteiger partial charge in [-0.2, -0.15) is 4.73 Å². The van der Waals surface area contributed by atoms with Gasteiger partial charge in [0.25, 0.3) is 6.43 Å². The molecule has 2 aromatic carbocycles. The van der Waals surface area contributed by atoms with Crippen LogP contribution < -0.4 is 10.0 Å². The number of halogens is 4. The average molecular weight is 519 g/mol. The molecule has 2 N–H and O–H groups in total. The van der Waals surface area contributed by atoms with Crippen molar-refractivity contribution in [3.63, 3.8) is 0 Å². The molecule has 36 heavy (non-hydrogen) atoms. The summed E-state index contributed by atoms with van der Waals surface area (Å²) in [5.74, 6) is -2.89. The van der Waals surface area contributed by atoms with Crippen molar-refractivity contribution in [1.29, 1.82) is 0 Å². The highest BCUT2D eigenvalue weighted by atomic mass is 35.5. The fourth-order valence-corrected chi connectivity index (χ4v) is 4.43. The van der Waals surface area contributed by atoms with E-state index in [1.165, 1.54) is 36.4 Å². The van der Waals surface area contributed by atoms with Crippen LogP contribution in [-0.4, -0.2) is 17.0 Å². The number of rotatable bonds is 8. The molecule has 1 aliphatic rings. The monoisotopic (exact) mass is 518 g/mol. The van der Waals surface area contributed by atoms with E-state index in [2.05, 4.69) is 5.32 Å². The summed E-state index contributed by atoms with van der Waals surface area (Å²) in [6.45, 7) is 2.03. The zero-order valence-corrected chi connectivity index (χ0v) is 19.8. The van der Waals surface area contributed by atoms with E-state index >= 15 is 0 Å². The maximum absolute atomic E-state index is 14.7. The lowest BCUT2D eigenvalue weighted by Gasteiger charge is -2.18. The molecule has 6 nitrogen and oxygen atoms in total. The minimum atomic E-state index is -2.99. The summed E-state index contributed by atoms with van der Waals surface area (Å²) in [7, 11) is 0. The molecule has 1 amide bonds. The second-order valence-electron chi connectivity index (χ2n) is 8.93. The zero-order chi connectivity index (χ0) is 26.1. The number of pyridine rings is 1. The number of aromatic carboxylic acids is 1. The second-order valence-corrected chi connectivity index (χ2v) is 9.34. The van der Waals surface area contributed by atoms with Crippen LogP contribution in [0.25, 0.3) is 11.1 Å². The van der Waals surface area contributed by atoms with Crippen molar-refractivity contribution >= 4 is 29.2 Å². The lowest BCUT2D eigenvalue weighted by Crippen LogP contribution is -2.37. The molecular weight excluding hydrogens is 497 g/mol. The molecule has 3 aromatic rings. The number of nitrogens with one attached hydrogen (secondary N) is 1. The number of alkyl halides is 2. The van der Waals surface area contributed by atoms with E-state index in [9.17, 15) is 28.0 Å². The highest BCUT2D eigenvalue weighted by Crippen LogP contribution is 2.45. The van der Waals surface area contributed by atoms with Crippen LogP contribution in [0.4, 0.5) is 18.9 Å². The van der Waals surface area contributed by atoms with Crippen LogP contribution in [0.5, 0.6) is 0 Å². The van der Waals surface area contributed by atoms with Gasteiger partial charge in [0.1, 0.15) is 11.7 Å². The van der Waals surface area contributed by atoms with Crippen LogP contribution in [0.15, 0.2) is 54.7 Å². The van der Waals surface area contributed by atoms with E-state index < -0.39 is 41.2 Å². The number of carboxylic acids is 1. The molecule has 0 bridgehead atoms. The number of amides is 1. The van der Waals surface area contributed by atoms with Gasteiger partial charge in [-0.3, -0.25) is 4.79 Å². The molecule has 0 spiro atoms. The Labute approximate surface area is 209 Å². The molecule has 10 heteroatoms. The number of aromatic nitrogens is 1. The Morgan fingerprint density at radius 2 is 1.83 bits per heavy atom. The lowest BCUT2D eigenvalue weighted by atomic mass is 9.94. The number of anilines is 1. The molecular formula is C26H22ClF3N2O4. The third kappa shape index (κ3) is 5.31. The number of nitrogens with zero attached hydrogens (tertiary/aromatic N) is 1. The summed E-state index contributed by atoms with van der Waals surface area (Å²) < 4.78 is 42.1. The van der Waals surface area contributed by atoms with Gasteiger partial charge in [0, 0.05) is 22.9 Å². The van der Waals surface area contributed by atoms with Gasteiger partial charge in [-0.15, -0.1) is 0 Å². The van der Waals surface area contributed by atoms with Crippen LogP contribution in [0.2, 0.25) is 5.02 Å². The Balaban J connectivity index is 1.67. The minimum Gasteiger partial charge on any atom is -0.618 e. The van der Waals surface area contributed by atoms with Gasteiger partial charge in [0.15, 0.2) is 6.20 Å². The average Bonchev–Trinajstić information content (AvgIpc) is 3.53. The van der Waals surface area contributed by atoms with Crippen molar-refractivity contribution in [2.45, 2.75) is 32.1 Å². The SMILES string of the molecule is C[C@H]1C[C@@H]1C[C@@H](C(=O)Nc1ccc(C(=O)O)cc1)c1ccc(-c2c(C(F)F)ccc(Cl)c2F)c[n+]1[O-]. The zero-order valence-electron chi connectivity index (χ0n) is 19.1. The number of benzene rings is 2. The summed E-state index contributed by atoms with van der Waals surface area (Å²) in [5, 5.41) is 24.4. The smallest absolute Gasteiger partial charge is 0.335 e. The molecule has 4 rings (SSSR count). The second kappa shape index (κ2) is 10.2. The van der Waals surface area contributed by atoms with Gasteiger partial charge in [-0.05, 0) is 61.1 Å². The first-order valence-electron chi connectivity index (χ1n) is 11.2. The molecule has 188 valence electrons. The molecule has 0 unspecified atom stereocenters. The Morgan fingerprint density at radius 1 is 1.17 bits per heavy atom.